The Bertz CT molecular complexity index is 919. The number of terminal acetylenes is 1. The van der Waals surface area contributed by atoms with Crippen LogP contribution in [0.3, 0.4) is 0 Å². The van der Waals surface area contributed by atoms with Gasteiger partial charge in [-0.05, 0) is 72.6 Å². The van der Waals surface area contributed by atoms with Crippen LogP contribution in [-0.2, 0) is 5.41 Å². The van der Waals surface area contributed by atoms with Gasteiger partial charge in [-0.1, -0.05) is 119 Å². The van der Waals surface area contributed by atoms with Crippen LogP contribution in [0.4, 0.5) is 0 Å². The highest BCUT2D eigenvalue weighted by atomic mass is 14.5. The molecular formula is C33H42. The van der Waals surface area contributed by atoms with Gasteiger partial charge in [-0.25, -0.2) is 0 Å². The van der Waals surface area contributed by atoms with E-state index in [9.17, 15) is 0 Å². The monoisotopic (exact) mass is 438 g/mol. The summed E-state index contributed by atoms with van der Waals surface area (Å²) in [6, 6.07) is 30.7. The molecule has 0 N–H and O–H groups in total. The molecule has 0 atom stereocenters. The highest BCUT2D eigenvalue weighted by Gasteiger charge is 2.41. The van der Waals surface area contributed by atoms with E-state index in [1.54, 1.807) is 12.5 Å². The Kier molecular flexibility index (Phi) is 11.5. The Morgan fingerprint density at radius 3 is 1.61 bits per heavy atom. The first-order valence-electron chi connectivity index (χ1n) is 12.7. The highest BCUT2D eigenvalue weighted by molar-refractivity contribution is 5.63. The van der Waals surface area contributed by atoms with Crippen LogP contribution in [0.5, 0.6) is 0 Å². The van der Waals surface area contributed by atoms with E-state index in [2.05, 4.69) is 118 Å². The molecule has 0 aliphatic heterocycles. The summed E-state index contributed by atoms with van der Waals surface area (Å²) in [6.45, 7) is 8.50. The quantitative estimate of drug-likeness (QED) is 0.307. The zero-order valence-corrected chi connectivity index (χ0v) is 21.2. The molecule has 0 bridgehead atoms. The van der Waals surface area contributed by atoms with Gasteiger partial charge in [0.1, 0.15) is 0 Å². The molecular weight excluding hydrogens is 396 g/mol. The summed E-state index contributed by atoms with van der Waals surface area (Å²) in [5.41, 5.74) is 6.25. The summed E-state index contributed by atoms with van der Waals surface area (Å²) in [4.78, 5) is 0. The molecule has 0 aromatic heterocycles. The first kappa shape index (κ1) is 26.5. The van der Waals surface area contributed by atoms with E-state index in [0.717, 1.165) is 5.92 Å². The molecule has 3 aromatic rings. The van der Waals surface area contributed by atoms with Gasteiger partial charge in [0.2, 0.25) is 0 Å². The van der Waals surface area contributed by atoms with Gasteiger partial charge < -0.3 is 0 Å². The Hall–Kier alpha value is -2.78. The van der Waals surface area contributed by atoms with Crippen LogP contribution >= 0.6 is 0 Å². The second-order valence-electron chi connectivity index (χ2n) is 9.05. The number of hydrogen-bond acceptors (Lipinski definition) is 0. The molecule has 1 aliphatic rings. The number of rotatable bonds is 8. The third kappa shape index (κ3) is 8.25. The summed E-state index contributed by atoms with van der Waals surface area (Å²) in [5, 5.41) is 0. The lowest BCUT2D eigenvalue weighted by molar-refractivity contribution is 0.561. The van der Waals surface area contributed by atoms with E-state index in [0.29, 0.717) is 5.41 Å². The van der Waals surface area contributed by atoms with E-state index in [1.165, 1.54) is 61.6 Å². The maximum Gasteiger partial charge on any atom is -0.00297 e. The highest BCUT2D eigenvalue weighted by Crippen LogP contribution is 2.50. The molecule has 3 aromatic carbocycles. The Morgan fingerprint density at radius 2 is 1.18 bits per heavy atom. The minimum absolute atomic E-state index is 0.585. The summed E-state index contributed by atoms with van der Waals surface area (Å²) >= 11 is 0. The smallest absolute Gasteiger partial charge is 0.00297 e. The van der Waals surface area contributed by atoms with Crippen LogP contribution in [0.25, 0.3) is 11.1 Å². The lowest BCUT2D eigenvalue weighted by atomic mass is 9.89. The largest absolute Gasteiger partial charge is 0.120 e. The lowest BCUT2D eigenvalue weighted by Crippen LogP contribution is -2.02. The summed E-state index contributed by atoms with van der Waals surface area (Å²) in [6.07, 6.45) is 13.8. The van der Waals surface area contributed by atoms with E-state index >= 15 is 0 Å². The van der Waals surface area contributed by atoms with Gasteiger partial charge in [-0.2, -0.15) is 0 Å². The lowest BCUT2D eigenvalue weighted by Gasteiger charge is -2.16. The van der Waals surface area contributed by atoms with Crippen molar-refractivity contribution in [3.63, 3.8) is 0 Å². The first-order chi connectivity index (χ1) is 16.1. The van der Waals surface area contributed by atoms with Gasteiger partial charge in [-0.3, -0.25) is 0 Å². The molecule has 0 heterocycles. The summed E-state index contributed by atoms with van der Waals surface area (Å²) < 4.78 is 0. The maximum atomic E-state index is 4.60. The normalized spacial score (nSPS) is 13.1. The summed E-state index contributed by atoms with van der Waals surface area (Å²) in [7, 11) is 0. The second-order valence-corrected chi connectivity index (χ2v) is 9.05. The van der Waals surface area contributed by atoms with Crippen LogP contribution in [0.1, 0.15) is 89.7 Å². The number of benzene rings is 3. The van der Waals surface area contributed by atoms with Crippen molar-refractivity contribution in [3.8, 4) is 23.5 Å². The van der Waals surface area contributed by atoms with Gasteiger partial charge in [0.15, 0.2) is 0 Å². The van der Waals surface area contributed by atoms with Crippen molar-refractivity contribution in [1.82, 2.24) is 0 Å². The summed E-state index contributed by atoms with van der Waals surface area (Å²) in [5.74, 6) is 2.99. The van der Waals surface area contributed by atoms with E-state index in [4.69, 9.17) is 0 Å². The fourth-order valence-corrected chi connectivity index (χ4v) is 4.54. The van der Waals surface area contributed by atoms with E-state index < -0.39 is 0 Å². The SMILES string of the molecule is C#CC.CCC1(c2ccccc2)CC1.CCCC(CCC)c1ccc(-c2ccccc2)cc1. The molecule has 1 aliphatic carbocycles. The molecule has 0 unspecified atom stereocenters. The predicted molar refractivity (Wildman–Crippen MR) is 147 cm³/mol. The molecule has 0 heteroatoms. The molecule has 33 heavy (non-hydrogen) atoms. The molecule has 4 rings (SSSR count). The van der Waals surface area contributed by atoms with Crippen LogP contribution < -0.4 is 0 Å². The van der Waals surface area contributed by atoms with Crippen LogP contribution in [0.2, 0.25) is 0 Å². The fraction of sp³-hybridized carbons (Fsp3) is 0.394. The van der Waals surface area contributed by atoms with E-state index in [-0.39, 0.29) is 0 Å². The average molecular weight is 439 g/mol. The van der Waals surface area contributed by atoms with Gasteiger partial charge in [-0.15, -0.1) is 12.3 Å². The Morgan fingerprint density at radius 1 is 0.727 bits per heavy atom. The third-order valence-electron chi connectivity index (χ3n) is 6.68. The zero-order chi connectivity index (χ0) is 23.9. The average Bonchev–Trinajstić information content (AvgIpc) is 3.68. The van der Waals surface area contributed by atoms with Gasteiger partial charge in [0.05, 0.1) is 0 Å². The van der Waals surface area contributed by atoms with Crippen molar-refractivity contribution in [2.45, 2.75) is 84.0 Å². The molecule has 174 valence electrons. The number of hydrogen-bond donors (Lipinski definition) is 0. The topological polar surface area (TPSA) is 0 Å². The molecule has 0 radical (unpaired) electrons. The molecule has 0 saturated heterocycles. The molecule has 0 spiro atoms. The molecule has 0 amide bonds. The minimum Gasteiger partial charge on any atom is -0.120 e. The Labute approximate surface area is 203 Å². The second kappa shape index (κ2) is 14.4. The maximum absolute atomic E-state index is 4.60. The first-order valence-corrected chi connectivity index (χ1v) is 12.7. The molecule has 1 saturated carbocycles. The van der Waals surface area contributed by atoms with Crippen LogP contribution in [0.15, 0.2) is 84.9 Å². The Balaban J connectivity index is 0.000000231. The molecule has 0 nitrogen and oxygen atoms in total. The van der Waals surface area contributed by atoms with Crippen molar-refractivity contribution in [1.29, 1.82) is 0 Å². The van der Waals surface area contributed by atoms with Gasteiger partial charge in [0.25, 0.3) is 0 Å². The van der Waals surface area contributed by atoms with Gasteiger partial charge in [0, 0.05) is 0 Å². The molecule has 1 fully saturated rings. The fourth-order valence-electron chi connectivity index (χ4n) is 4.54. The van der Waals surface area contributed by atoms with Crippen molar-refractivity contribution in [2.75, 3.05) is 0 Å². The van der Waals surface area contributed by atoms with Crippen molar-refractivity contribution in [3.05, 3.63) is 96.1 Å². The van der Waals surface area contributed by atoms with Gasteiger partial charge >= 0.3 is 0 Å². The van der Waals surface area contributed by atoms with E-state index in [1.807, 2.05) is 0 Å². The van der Waals surface area contributed by atoms with Crippen molar-refractivity contribution < 1.29 is 0 Å². The van der Waals surface area contributed by atoms with Crippen molar-refractivity contribution >= 4 is 0 Å². The van der Waals surface area contributed by atoms with Crippen LogP contribution in [-0.4, -0.2) is 0 Å². The van der Waals surface area contributed by atoms with Crippen LogP contribution in [0, 0.1) is 12.3 Å². The zero-order valence-electron chi connectivity index (χ0n) is 21.2. The minimum atomic E-state index is 0.585. The predicted octanol–water partition coefficient (Wildman–Crippen LogP) is 9.81. The van der Waals surface area contributed by atoms with Crippen molar-refractivity contribution in [2.24, 2.45) is 0 Å². The standard InChI is InChI=1S/C19H24.C11H14.C3H4/c1-3-8-16(9-4-2)18-12-14-19(15-13-18)17-10-6-5-7-11-17;1-2-11(8-9-11)10-6-4-3-5-7-10;1-3-2/h5-7,10-16H,3-4,8-9H2,1-2H3;3-7H,2,8-9H2,1H3;1H,2H3. The third-order valence-corrected chi connectivity index (χ3v) is 6.68.